The number of carbonyl (C=O) groups excluding carboxylic acids is 2. The number of rotatable bonds is 10. The molecule has 3 aliphatic rings. The molecule has 43 heavy (non-hydrogen) atoms. The first-order valence-electron chi connectivity index (χ1n) is 14.8. The summed E-state index contributed by atoms with van der Waals surface area (Å²) in [5, 5.41) is 5.77. The Bertz CT molecular complexity index is 1400. The van der Waals surface area contributed by atoms with Gasteiger partial charge in [0.25, 0.3) is 5.91 Å². The number of guanidine groups is 1. The summed E-state index contributed by atoms with van der Waals surface area (Å²) < 4.78 is 17.3. The standard InChI is InChI=1S/C31H41N7O5/c1-20(2)31(3,4)29(40)34-24-10-7-21(19-33-24)28(39)36-30-35-25-22(27-32-11-13-38(27)30)8-9-23(26(25)41-5)43-16-6-12-37-14-17-42-18-15-37/h7-10,19-20H,6,11-18H2,1-5H3,(H,33,34,40)(H,35,36,39). The summed E-state index contributed by atoms with van der Waals surface area (Å²) in [6.45, 7) is 13.9. The van der Waals surface area contributed by atoms with Crippen molar-refractivity contribution in [2.24, 2.45) is 21.3 Å². The van der Waals surface area contributed by atoms with E-state index in [1.165, 1.54) is 6.20 Å². The first kappa shape index (κ1) is 30.4. The minimum absolute atomic E-state index is 0.127. The number of pyridine rings is 1. The Kier molecular flexibility index (Phi) is 9.26. The summed E-state index contributed by atoms with van der Waals surface area (Å²) in [6.07, 6.45) is 2.31. The molecular formula is C31H41N7O5. The third kappa shape index (κ3) is 6.65. The van der Waals surface area contributed by atoms with Crippen molar-refractivity contribution in [3.8, 4) is 11.5 Å². The molecule has 1 aromatic heterocycles. The topological polar surface area (TPSA) is 130 Å². The number of ether oxygens (including phenoxy) is 3. The van der Waals surface area contributed by atoms with E-state index in [2.05, 4.69) is 25.5 Å². The second-order valence-electron chi connectivity index (χ2n) is 11.7. The van der Waals surface area contributed by atoms with E-state index in [0.29, 0.717) is 54.2 Å². The van der Waals surface area contributed by atoms with Crippen molar-refractivity contribution in [2.75, 3.05) is 65.0 Å². The van der Waals surface area contributed by atoms with Gasteiger partial charge in [0.15, 0.2) is 11.5 Å². The second kappa shape index (κ2) is 13.1. The molecule has 0 radical (unpaired) electrons. The molecular weight excluding hydrogens is 550 g/mol. The van der Waals surface area contributed by atoms with Crippen LogP contribution in [0.3, 0.4) is 0 Å². The maximum absolute atomic E-state index is 13.3. The average molecular weight is 592 g/mol. The maximum atomic E-state index is 13.3. The van der Waals surface area contributed by atoms with Crippen molar-refractivity contribution in [2.45, 2.75) is 34.1 Å². The van der Waals surface area contributed by atoms with Gasteiger partial charge in [-0.3, -0.25) is 29.7 Å². The summed E-state index contributed by atoms with van der Waals surface area (Å²) in [5.74, 6) is 2.20. The number of methoxy groups -OCH3 is 1. The number of fused-ring (bicyclic) bond motifs is 3. The minimum atomic E-state index is -0.559. The van der Waals surface area contributed by atoms with Gasteiger partial charge in [-0.05, 0) is 36.6 Å². The fourth-order valence-corrected chi connectivity index (χ4v) is 4.91. The van der Waals surface area contributed by atoms with E-state index in [4.69, 9.17) is 19.2 Å². The molecule has 0 unspecified atom stereocenters. The third-order valence-corrected chi connectivity index (χ3v) is 8.36. The van der Waals surface area contributed by atoms with Gasteiger partial charge in [-0.15, -0.1) is 0 Å². The van der Waals surface area contributed by atoms with E-state index < -0.39 is 5.41 Å². The van der Waals surface area contributed by atoms with Crippen molar-refractivity contribution in [3.05, 3.63) is 41.6 Å². The largest absolute Gasteiger partial charge is 0.491 e. The lowest BCUT2D eigenvalue weighted by molar-refractivity contribution is -0.126. The first-order chi connectivity index (χ1) is 20.7. The number of anilines is 1. The predicted octanol–water partition coefficient (Wildman–Crippen LogP) is 3.31. The molecule has 4 heterocycles. The number of hydrogen-bond acceptors (Lipinski definition) is 10. The van der Waals surface area contributed by atoms with E-state index in [1.807, 2.05) is 44.7 Å². The summed E-state index contributed by atoms with van der Waals surface area (Å²) >= 11 is 0. The van der Waals surface area contributed by atoms with Crippen LogP contribution in [0.1, 0.15) is 50.0 Å². The fourth-order valence-electron chi connectivity index (χ4n) is 4.91. The van der Waals surface area contributed by atoms with E-state index in [9.17, 15) is 9.59 Å². The molecule has 12 nitrogen and oxygen atoms in total. The van der Waals surface area contributed by atoms with Gasteiger partial charge in [-0.25, -0.2) is 9.98 Å². The zero-order valence-corrected chi connectivity index (χ0v) is 25.6. The molecule has 12 heteroatoms. The van der Waals surface area contributed by atoms with Gasteiger partial charge in [0.2, 0.25) is 11.9 Å². The smallest absolute Gasteiger partial charge is 0.259 e. The van der Waals surface area contributed by atoms with Crippen molar-refractivity contribution in [1.29, 1.82) is 0 Å². The number of aliphatic imine (C=N–C) groups is 2. The zero-order chi connectivity index (χ0) is 30.6. The highest BCUT2D eigenvalue weighted by Crippen LogP contribution is 2.43. The minimum Gasteiger partial charge on any atom is -0.491 e. The number of nitrogens with zero attached hydrogens (tertiary/aromatic N) is 5. The second-order valence-corrected chi connectivity index (χ2v) is 11.7. The number of carbonyl (C=O) groups is 2. The predicted molar refractivity (Wildman–Crippen MR) is 165 cm³/mol. The quantitative estimate of drug-likeness (QED) is 0.403. The summed E-state index contributed by atoms with van der Waals surface area (Å²) in [5.41, 5.74) is 1.15. The Morgan fingerprint density at radius 3 is 2.58 bits per heavy atom. The summed E-state index contributed by atoms with van der Waals surface area (Å²) in [6, 6.07) is 7.07. The number of amidine groups is 1. The number of amides is 2. The molecule has 0 spiro atoms. The molecule has 0 aliphatic carbocycles. The number of hydrogen-bond donors (Lipinski definition) is 2. The third-order valence-electron chi connectivity index (χ3n) is 8.36. The Labute approximate surface area is 252 Å². The molecule has 3 aliphatic heterocycles. The lowest BCUT2D eigenvalue weighted by atomic mass is 9.80. The molecule has 0 atom stereocenters. The van der Waals surface area contributed by atoms with Crippen LogP contribution in [0.5, 0.6) is 11.5 Å². The van der Waals surface area contributed by atoms with Crippen LogP contribution in [0, 0.1) is 11.3 Å². The van der Waals surface area contributed by atoms with Gasteiger partial charge >= 0.3 is 0 Å². The Morgan fingerprint density at radius 2 is 1.88 bits per heavy atom. The molecule has 2 amide bonds. The molecule has 2 aromatic rings. The van der Waals surface area contributed by atoms with Crippen LogP contribution < -0.4 is 20.1 Å². The van der Waals surface area contributed by atoms with Crippen LogP contribution in [-0.2, 0) is 9.53 Å². The van der Waals surface area contributed by atoms with Crippen LogP contribution in [0.15, 0.2) is 40.4 Å². The van der Waals surface area contributed by atoms with Gasteiger partial charge in [0.05, 0.1) is 39.0 Å². The number of nitrogens with one attached hydrogen (secondary N) is 2. The van der Waals surface area contributed by atoms with E-state index in [-0.39, 0.29) is 17.7 Å². The molecule has 2 N–H and O–H groups in total. The number of benzene rings is 1. The molecule has 0 bridgehead atoms. The van der Waals surface area contributed by atoms with Crippen molar-refractivity contribution < 1.29 is 23.8 Å². The molecule has 1 saturated heterocycles. The molecule has 0 saturated carbocycles. The van der Waals surface area contributed by atoms with Gasteiger partial charge < -0.3 is 19.5 Å². The Morgan fingerprint density at radius 1 is 1.09 bits per heavy atom. The lowest BCUT2D eigenvalue weighted by Crippen LogP contribution is -2.47. The summed E-state index contributed by atoms with van der Waals surface area (Å²) in [7, 11) is 1.58. The van der Waals surface area contributed by atoms with Gasteiger partial charge in [-0.1, -0.05) is 27.7 Å². The number of morpholine rings is 1. The van der Waals surface area contributed by atoms with Gasteiger partial charge in [0, 0.05) is 43.4 Å². The van der Waals surface area contributed by atoms with Gasteiger partial charge in [0.1, 0.15) is 17.3 Å². The van der Waals surface area contributed by atoms with Crippen molar-refractivity contribution >= 4 is 35.1 Å². The van der Waals surface area contributed by atoms with Crippen LogP contribution in [0.4, 0.5) is 11.5 Å². The normalized spacial score (nSPS) is 16.7. The van der Waals surface area contributed by atoms with Crippen LogP contribution in [0.25, 0.3) is 0 Å². The van der Waals surface area contributed by atoms with Gasteiger partial charge in [-0.2, -0.15) is 0 Å². The molecule has 1 fully saturated rings. The number of aromatic nitrogens is 1. The SMILES string of the molecule is COc1c(OCCCN2CCOCC2)ccc2c1N=C(NC(=O)c1ccc(NC(=O)C(C)(C)C(C)C)nc1)N1CCN=C21. The fraction of sp³-hybridized carbons (Fsp3) is 0.516. The lowest BCUT2D eigenvalue weighted by Gasteiger charge is -2.29. The van der Waals surface area contributed by atoms with Crippen LogP contribution in [0.2, 0.25) is 0 Å². The highest BCUT2D eigenvalue weighted by atomic mass is 16.5. The zero-order valence-electron chi connectivity index (χ0n) is 25.6. The van der Waals surface area contributed by atoms with Crippen molar-refractivity contribution in [1.82, 2.24) is 20.1 Å². The van der Waals surface area contributed by atoms with E-state index in [1.54, 1.807) is 19.2 Å². The highest BCUT2D eigenvalue weighted by Gasteiger charge is 2.34. The highest BCUT2D eigenvalue weighted by molar-refractivity contribution is 6.20. The first-order valence-corrected chi connectivity index (χ1v) is 14.8. The van der Waals surface area contributed by atoms with E-state index in [0.717, 1.165) is 50.7 Å². The van der Waals surface area contributed by atoms with Crippen LogP contribution in [-0.4, -0.2) is 98.0 Å². The average Bonchev–Trinajstić information content (AvgIpc) is 3.50. The summed E-state index contributed by atoms with van der Waals surface area (Å²) in [4.78, 5) is 44.0. The van der Waals surface area contributed by atoms with Crippen molar-refractivity contribution in [3.63, 3.8) is 0 Å². The van der Waals surface area contributed by atoms with Crippen LogP contribution >= 0.6 is 0 Å². The molecule has 5 rings (SSSR count). The molecule has 1 aromatic carbocycles. The monoisotopic (exact) mass is 591 g/mol. The Balaban J connectivity index is 1.29. The maximum Gasteiger partial charge on any atom is 0.259 e. The molecule has 230 valence electrons. The van der Waals surface area contributed by atoms with E-state index >= 15 is 0 Å². The Hall–Kier alpha value is -4.03.